The molecular weight excluding hydrogens is 198 g/mol. The minimum atomic E-state index is -2.63. The van der Waals surface area contributed by atoms with Gasteiger partial charge in [-0.3, -0.25) is 4.98 Å². The van der Waals surface area contributed by atoms with Gasteiger partial charge in [0.05, 0.1) is 23.2 Å². The highest BCUT2D eigenvalue weighted by atomic mass is 35.5. The van der Waals surface area contributed by atoms with Crippen molar-refractivity contribution >= 4 is 11.6 Å². The topological polar surface area (TPSA) is 36.7 Å². The molecule has 0 bridgehead atoms. The van der Waals surface area contributed by atoms with Crippen molar-refractivity contribution in [2.75, 3.05) is 0 Å². The minimum absolute atomic E-state index is 0.0562. The quantitative estimate of drug-likeness (QED) is 0.740. The first kappa shape index (κ1) is 9.87. The highest BCUT2D eigenvalue weighted by molar-refractivity contribution is 6.32. The summed E-state index contributed by atoms with van der Waals surface area (Å²) in [5.74, 6) is 0. The molecule has 13 heavy (non-hydrogen) atoms. The predicted molar refractivity (Wildman–Crippen MR) is 43.5 cm³/mol. The van der Waals surface area contributed by atoms with E-state index in [0.29, 0.717) is 0 Å². The minimum Gasteiger partial charge on any atom is -0.259 e. The van der Waals surface area contributed by atoms with Crippen molar-refractivity contribution in [2.45, 2.75) is 12.8 Å². The molecule has 5 heteroatoms. The molecule has 0 radical (unpaired) electrons. The van der Waals surface area contributed by atoms with Gasteiger partial charge in [0.1, 0.15) is 0 Å². The number of nitriles is 1. The van der Waals surface area contributed by atoms with Gasteiger partial charge in [0.2, 0.25) is 0 Å². The van der Waals surface area contributed by atoms with E-state index in [2.05, 4.69) is 4.98 Å². The molecule has 1 rings (SSSR count). The van der Waals surface area contributed by atoms with E-state index in [9.17, 15) is 8.78 Å². The average Bonchev–Trinajstić information content (AvgIpc) is 2.08. The van der Waals surface area contributed by atoms with Crippen LogP contribution in [0.2, 0.25) is 5.02 Å². The predicted octanol–water partition coefficient (Wildman–Crippen LogP) is 2.74. The molecule has 0 aliphatic rings. The second-order valence-corrected chi connectivity index (χ2v) is 2.67. The number of aromatic nitrogens is 1. The van der Waals surface area contributed by atoms with Gasteiger partial charge in [0, 0.05) is 11.8 Å². The Kier molecular flexibility index (Phi) is 3.15. The van der Waals surface area contributed by atoms with E-state index in [1.54, 1.807) is 6.07 Å². The SMILES string of the molecule is N#CCc1nccc(C(F)F)c1Cl. The van der Waals surface area contributed by atoms with Gasteiger partial charge in [-0.25, -0.2) is 8.78 Å². The molecule has 0 atom stereocenters. The van der Waals surface area contributed by atoms with Crippen molar-refractivity contribution in [3.05, 3.63) is 28.5 Å². The lowest BCUT2D eigenvalue weighted by Gasteiger charge is -2.04. The molecule has 0 aliphatic heterocycles. The standard InChI is InChI=1S/C8H5ClF2N2/c9-7-5(8(10)11)2-4-13-6(7)1-3-12/h2,4,8H,1H2. The second-order valence-electron chi connectivity index (χ2n) is 2.30. The van der Waals surface area contributed by atoms with E-state index in [0.717, 1.165) is 6.07 Å². The fourth-order valence-corrected chi connectivity index (χ4v) is 1.13. The molecule has 0 N–H and O–H groups in total. The van der Waals surface area contributed by atoms with Crippen LogP contribution in [0.3, 0.4) is 0 Å². The lowest BCUT2D eigenvalue weighted by molar-refractivity contribution is 0.151. The fourth-order valence-electron chi connectivity index (χ4n) is 0.871. The van der Waals surface area contributed by atoms with Crippen LogP contribution in [0.1, 0.15) is 17.7 Å². The van der Waals surface area contributed by atoms with Gasteiger partial charge < -0.3 is 0 Å². The molecule has 0 aliphatic carbocycles. The van der Waals surface area contributed by atoms with E-state index in [-0.39, 0.29) is 22.7 Å². The molecule has 1 aromatic heterocycles. The number of halogens is 3. The Bertz CT molecular complexity index is 346. The summed E-state index contributed by atoms with van der Waals surface area (Å²) in [6.07, 6.45) is -1.47. The van der Waals surface area contributed by atoms with Gasteiger partial charge in [-0.1, -0.05) is 11.6 Å². The molecule has 0 fully saturated rings. The molecule has 0 saturated carbocycles. The monoisotopic (exact) mass is 202 g/mol. The summed E-state index contributed by atoms with van der Waals surface area (Å²) in [5, 5.41) is 8.23. The van der Waals surface area contributed by atoms with Gasteiger partial charge >= 0.3 is 0 Å². The zero-order valence-electron chi connectivity index (χ0n) is 6.47. The van der Waals surface area contributed by atoms with Crippen LogP contribution in [0.15, 0.2) is 12.3 Å². The number of alkyl halides is 2. The Labute approximate surface area is 78.8 Å². The van der Waals surface area contributed by atoms with E-state index in [1.807, 2.05) is 0 Å². The van der Waals surface area contributed by atoms with Crippen LogP contribution in [0.4, 0.5) is 8.78 Å². The molecule has 0 amide bonds. The maximum absolute atomic E-state index is 12.3. The van der Waals surface area contributed by atoms with E-state index < -0.39 is 6.43 Å². The number of pyridine rings is 1. The molecule has 68 valence electrons. The molecule has 0 saturated heterocycles. The fraction of sp³-hybridized carbons (Fsp3) is 0.250. The first-order chi connectivity index (χ1) is 6.16. The third-order valence-electron chi connectivity index (χ3n) is 1.47. The summed E-state index contributed by atoms with van der Waals surface area (Å²) in [6, 6.07) is 2.95. The zero-order chi connectivity index (χ0) is 9.84. The first-order valence-electron chi connectivity index (χ1n) is 3.45. The van der Waals surface area contributed by atoms with Crippen LogP contribution in [0, 0.1) is 11.3 Å². The molecular formula is C8H5ClF2N2. The summed E-state index contributed by atoms with van der Waals surface area (Å²) in [7, 11) is 0. The van der Waals surface area contributed by atoms with Crippen molar-refractivity contribution in [3.8, 4) is 6.07 Å². The largest absolute Gasteiger partial charge is 0.265 e. The van der Waals surface area contributed by atoms with Gasteiger partial charge in [0.25, 0.3) is 6.43 Å². The lowest BCUT2D eigenvalue weighted by atomic mass is 10.2. The summed E-state index contributed by atoms with van der Waals surface area (Å²) in [4.78, 5) is 3.72. The van der Waals surface area contributed by atoms with Crippen LogP contribution < -0.4 is 0 Å². The van der Waals surface area contributed by atoms with Gasteiger partial charge in [-0.15, -0.1) is 0 Å². The number of nitrogens with zero attached hydrogens (tertiary/aromatic N) is 2. The third-order valence-corrected chi connectivity index (χ3v) is 1.91. The molecule has 2 nitrogen and oxygen atoms in total. The molecule has 0 aromatic carbocycles. The van der Waals surface area contributed by atoms with Gasteiger partial charge in [-0.2, -0.15) is 5.26 Å². The van der Waals surface area contributed by atoms with Crippen LogP contribution >= 0.6 is 11.6 Å². The van der Waals surface area contributed by atoms with Crippen molar-refractivity contribution in [1.29, 1.82) is 5.26 Å². The Morgan fingerprint density at radius 3 is 2.85 bits per heavy atom. The zero-order valence-corrected chi connectivity index (χ0v) is 7.22. The van der Waals surface area contributed by atoms with E-state index in [4.69, 9.17) is 16.9 Å². The number of hydrogen-bond donors (Lipinski definition) is 0. The van der Waals surface area contributed by atoms with Gasteiger partial charge in [-0.05, 0) is 6.07 Å². The molecule has 0 spiro atoms. The lowest BCUT2D eigenvalue weighted by Crippen LogP contribution is -1.94. The van der Waals surface area contributed by atoms with Crippen LogP contribution in [-0.4, -0.2) is 4.98 Å². The summed E-state index contributed by atoms with van der Waals surface area (Å²) in [5.41, 5.74) is -0.0797. The van der Waals surface area contributed by atoms with Crippen molar-refractivity contribution in [2.24, 2.45) is 0 Å². The van der Waals surface area contributed by atoms with E-state index in [1.165, 1.54) is 6.20 Å². The summed E-state index contributed by atoms with van der Waals surface area (Å²) >= 11 is 5.59. The third kappa shape index (κ3) is 2.13. The smallest absolute Gasteiger partial charge is 0.259 e. The molecule has 1 aromatic rings. The Morgan fingerprint density at radius 1 is 1.62 bits per heavy atom. The van der Waals surface area contributed by atoms with Crippen LogP contribution in [0.25, 0.3) is 0 Å². The number of hydrogen-bond acceptors (Lipinski definition) is 2. The first-order valence-corrected chi connectivity index (χ1v) is 3.83. The highest BCUT2D eigenvalue weighted by Crippen LogP contribution is 2.28. The van der Waals surface area contributed by atoms with Crippen LogP contribution in [0.5, 0.6) is 0 Å². The van der Waals surface area contributed by atoms with E-state index >= 15 is 0 Å². The molecule has 0 unspecified atom stereocenters. The summed E-state index contributed by atoms with van der Waals surface area (Å²) < 4.78 is 24.5. The van der Waals surface area contributed by atoms with Crippen molar-refractivity contribution in [3.63, 3.8) is 0 Å². The maximum Gasteiger partial charge on any atom is 0.265 e. The highest BCUT2D eigenvalue weighted by Gasteiger charge is 2.14. The Hall–Kier alpha value is -1.21. The Balaban J connectivity index is 3.12. The average molecular weight is 203 g/mol. The summed E-state index contributed by atoms with van der Waals surface area (Å²) in [6.45, 7) is 0. The van der Waals surface area contributed by atoms with Crippen molar-refractivity contribution < 1.29 is 8.78 Å². The Morgan fingerprint density at radius 2 is 2.31 bits per heavy atom. The normalized spacial score (nSPS) is 10.1. The van der Waals surface area contributed by atoms with Crippen LogP contribution in [-0.2, 0) is 6.42 Å². The van der Waals surface area contributed by atoms with Crippen molar-refractivity contribution in [1.82, 2.24) is 4.98 Å². The second kappa shape index (κ2) is 4.15. The number of rotatable bonds is 2. The molecule has 1 heterocycles. The van der Waals surface area contributed by atoms with Gasteiger partial charge in [0.15, 0.2) is 0 Å². The maximum atomic E-state index is 12.3.